The lowest BCUT2D eigenvalue weighted by molar-refractivity contribution is -0.202. The number of rotatable bonds is 8. The summed E-state index contributed by atoms with van der Waals surface area (Å²) in [7, 11) is 0. The van der Waals surface area contributed by atoms with Gasteiger partial charge in [0.25, 0.3) is 5.41 Å². The molecular formula is C10H12O10. The molecule has 0 amide bonds. The van der Waals surface area contributed by atoms with Crippen LogP contribution in [0.1, 0.15) is 19.8 Å². The molecular weight excluding hydrogens is 280 g/mol. The fraction of sp³-hybridized carbons (Fsp3) is 0.500. The third-order valence-electron chi connectivity index (χ3n) is 2.96. The standard InChI is InChI=1S/C10H12O10/c1-2-3-9(4(11)12,5(13)14)10(6(15)16,7(17)18)8(19)20/h2-3H2,1H3,(H,11,12)(H,13,14)(H,15,16)(H,17,18)(H,19,20). The summed E-state index contributed by atoms with van der Waals surface area (Å²) < 4.78 is 0. The molecule has 10 nitrogen and oxygen atoms in total. The highest BCUT2D eigenvalue weighted by Gasteiger charge is 2.76. The van der Waals surface area contributed by atoms with E-state index < -0.39 is 47.1 Å². The SMILES string of the molecule is CCCC(C(=O)O)(C(=O)O)C(C(=O)O)(C(=O)O)C(=O)O. The lowest BCUT2D eigenvalue weighted by atomic mass is 9.60. The first-order valence-electron chi connectivity index (χ1n) is 5.20. The highest BCUT2D eigenvalue weighted by Crippen LogP contribution is 2.45. The first-order chi connectivity index (χ1) is 9.03. The van der Waals surface area contributed by atoms with Crippen molar-refractivity contribution in [2.24, 2.45) is 10.8 Å². The number of carboxylic acid groups (broad SMARTS) is 5. The van der Waals surface area contributed by atoms with Gasteiger partial charge in [0.15, 0.2) is 0 Å². The number of carboxylic acids is 5. The molecule has 112 valence electrons. The quantitative estimate of drug-likeness (QED) is 0.354. The van der Waals surface area contributed by atoms with Gasteiger partial charge in [-0.1, -0.05) is 13.3 Å². The van der Waals surface area contributed by atoms with E-state index in [4.69, 9.17) is 25.5 Å². The molecule has 0 rings (SSSR count). The van der Waals surface area contributed by atoms with E-state index in [1.807, 2.05) is 0 Å². The predicted molar refractivity (Wildman–Crippen MR) is 58.0 cm³/mol. The van der Waals surface area contributed by atoms with E-state index in [1.165, 1.54) is 6.92 Å². The fourth-order valence-electron chi connectivity index (χ4n) is 2.01. The summed E-state index contributed by atoms with van der Waals surface area (Å²) in [6.45, 7) is 1.26. The molecule has 0 spiro atoms. The van der Waals surface area contributed by atoms with E-state index in [9.17, 15) is 24.0 Å². The third-order valence-corrected chi connectivity index (χ3v) is 2.96. The maximum atomic E-state index is 11.2. The van der Waals surface area contributed by atoms with Crippen LogP contribution in [0, 0.1) is 10.8 Å². The van der Waals surface area contributed by atoms with Crippen molar-refractivity contribution in [2.45, 2.75) is 19.8 Å². The van der Waals surface area contributed by atoms with Crippen LogP contribution in [-0.2, 0) is 24.0 Å². The first-order valence-corrected chi connectivity index (χ1v) is 5.20. The van der Waals surface area contributed by atoms with Gasteiger partial charge in [0.2, 0.25) is 5.41 Å². The largest absolute Gasteiger partial charge is 0.480 e. The fourth-order valence-corrected chi connectivity index (χ4v) is 2.01. The lowest BCUT2D eigenvalue weighted by Gasteiger charge is -2.35. The molecule has 0 fully saturated rings. The Morgan fingerprint density at radius 1 is 0.700 bits per heavy atom. The Morgan fingerprint density at radius 2 is 1.00 bits per heavy atom. The van der Waals surface area contributed by atoms with Crippen molar-refractivity contribution >= 4 is 29.8 Å². The molecule has 0 unspecified atom stereocenters. The van der Waals surface area contributed by atoms with E-state index >= 15 is 0 Å². The number of hydrogen-bond acceptors (Lipinski definition) is 5. The van der Waals surface area contributed by atoms with Gasteiger partial charge < -0.3 is 25.5 Å². The van der Waals surface area contributed by atoms with Crippen LogP contribution in [0.25, 0.3) is 0 Å². The van der Waals surface area contributed by atoms with Crippen LogP contribution in [0.15, 0.2) is 0 Å². The minimum Gasteiger partial charge on any atom is -0.480 e. The van der Waals surface area contributed by atoms with E-state index in [1.54, 1.807) is 0 Å². The van der Waals surface area contributed by atoms with Gasteiger partial charge in [-0.05, 0) is 6.42 Å². The van der Waals surface area contributed by atoms with Crippen LogP contribution >= 0.6 is 0 Å². The zero-order chi connectivity index (χ0) is 16.3. The molecule has 0 saturated heterocycles. The molecule has 0 aromatic rings. The number of carbonyl (C=O) groups is 5. The first kappa shape index (κ1) is 17.4. The molecule has 0 saturated carbocycles. The topological polar surface area (TPSA) is 186 Å². The van der Waals surface area contributed by atoms with Crippen molar-refractivity contribution in [3.8, 4) is 0 Å². The van der Waals surface area contributed by atoms with Gasteiger partial charge in [-0.2, -0.15) is 0 Å². The van der Waals surface area contributed by atoms with Gasteiger partial charge in [-0.15, -0.1) is 0 Å². The lowest BCUT2D eigenvalue weighted by Crippen LogP contribution is -2.65. The number of hydrogen-bond donors (Lipinski definition) is 5. The van der Waals surface area contributed by atoms with Crippen LogP contribution in [0.5, 0.6) is 0 Å². The second kappa shape index (κ2) is 5.55. The summed E-state index contributed by atoms with van der Waals surface area (Å²) in [6, 6.07) is 0. The Hall–Kier alpha value is -2.65. The van der Waals surface area contributed by atoms with Gasteiger partial charge in [-0.25, -0.2) is 0 Å². The smallest absolute Gasteiger partial charge is 0.334 e. The average molecular weight is 292 g/mol. The zero-order valence-electron chi connectivity index (χ0n) is 10.2. The molecule has 0 bridgehead atoms. The van der Waals surface area contributed by atoms with Crippen molar-refractivity contribution in [1.82, 2.24) is 0 Å². The molecule has 0 aliphatic carbocycles. The molecule has 5 N–H and O–H groups in total. The Bertz CT molecular complexity index is 426. The highest BCUT2D eigenvalue weighted by atomic mass is 16.4. The normalized spacial score (nSPS) is 11.7. The monoisotopic (exact) mass is 292 g/mol. The Balaban J connectivity index is 6.83. The third kappa shape index (κ3) is 1.94. The van der Waals surface area contributed by atoms with Crippen LogP contribution in [0.3, 0.4) is 0 Å². The van der Waals surface area contributed by atoms with Crippen molar-refractivity contribution in [3.63, 3.8) is 0 Å². The minimum absolute atomic E-state index is 0.256. The van der Waals surface area contributed by atoms with Crippen LogP contribution in [-0.4, -0.2) is 55.4 Å². The Labute approximate surface area is 111 Å². The van der Waals surface area contributed by atoms with E-state index in [2.05, 4.69) is 0 Å². The van der Waals surface area contributed by atoms with E-state index in [-0.39, 0.29) is 6.42 Å². The van der Waals surface area contributed by atoms with Gasteiger partial charge >= 0.3 is 29.8 Å². The van der Waals surface area contributed by atoms with Gasteiger partial charge in [0, 0.05) is 0 Å². The second-order valence-electron chi connectivity index (χ2n) is 3.93. The van der Waals surface area contributed by atoms with E-state index in [0.29, 0.717) is 0 Å². The minimum atomic E-state index is -4.04. The van der Waals surface area contributed by atoms with E-state index in [0.717, 1.165) is 0 Å². The maximum Gasteiger partial charge on any atom is 0.334 e. The summed E-state index contributed by atoms with van der Waals surface area (Å²) in [5.74, 6) is -12.4. The highest BCUT2D eigenvalue weighted by molar-refractivity contribution is 6.24. The molecule has 0 aromatic heterocycles. The van der Waals surface area contributed by atoms with Crippen LogP contribution in [0.4, 0.5) is 0 Å². The molecule has 0 aliphatic heterocycles. The Kier molecular flexibility index (Phi) is 4.81. The van der Waals surface area contributed by atoms with Crippen LogP contribution in [0.2, 0.25) is 0 Å². The Morgan fingerprint density at radius 3 is 1.15 bits per heavy atom. The van der Waals surface area contributed by atoms with Crippen LogP contribution < -0.4 is 0 Å². The number of aliphatic carboxylic acids is 5. The molecule has 0 aromatic carbocycles. The average Bonchev–Trinajstić information content (AvgIpc) is 2.25. The van der Waals surface area contributed by atoms with Gasteiger partial charge in [0.1, 0.15) is 0 Å². The summed E-state index contributed by atoms with van der Waals surface area (Å²) in [6.07, 6.45) is -1.24. The molecule has 0 aliphatic rings. The van der Waals surface area contributed by atoms with Crippen molar-refractivity contribution in [2.75, 3.05) is 0 Å². The molecule has 20 heavy (non-hydrogen) atoms. The molecule has 0 radical (unpaired) electrons. The van der Waals surface area contributed by atoms with Gasteiger partial charge in [0.05, 0.1) is 0 Å². The summed E-state index contributed by atoms with van der Waals surface area (Å²) in [5, 5.41) is 44.9. The summed E-state index contributed by atoms with van der Waals surface area (Å²) in [4.78, 5) is 55.9. The van der Waals surface area contributed by atoms with Crippen molar-refractivity contribution < 1.29 is 49.5 Å². The predicted octanol–water partition coefficient (Wildman–Crippen LogP) is -0.818. The maximum absolute atomic E-state index is 11.2. The van der Waals surface area contributed by atoms with Crippen molar-refractivity contribution in [3.05, 3.63) is 0 Å². The van der Waals surface area contributed by atoms with Crippen molar-refractivity contribution in [1.29, 1.82) is 0 Å². The second-order valence-corrected chi connectivity index (χ2v) is 3.93. The van der Waals surface area contributed by atoms with Gasteiger partial charge in [-0.3, -0.25) is 24.0 Å². The summed E-state index contributed by atoms with van der Waals surface area (Å²) >= 11 is 0. The molecule has 0 heterocycles. The molecule has 10 heteroatoms. The summed E-state index contributed by atoms with van der Waals surface area (Å²) in [5.41, 5.74) is -7.58. The zero-order valence-corrected chi connectivity index (χ0v) is 10.2. The molecule has 0 atom stereocenters.